The average Bonchev–Trinajstić information content (AvgIpc) is 2.21. The molecule has 0 aromatic heterocycles. The molecule has 0 spiro atoms. The van der Waals surface area contributed by atoms with Gasteiger partial charge in [-0.15, -0.1) is 0 Å². The summed E-state index contributed by atoms with van der Waals surface area (Å²) in [6.07, 6.45) is 0.872. The van der Waals surface area contributed by atoms with Crippen LogP contribution in [-0.2, 0) is 14.8 Å². The van der Waals surface area contributed by atoms with Gasteiger partial charge in [-0.25, -0.2) is 13.2 Å². The van der Waals surface area contributed by atoms with Crippen molar-refractivity contribution >= 4 is 27.4 Å². The fourth-order valence-electron chi connectivity index (χ4n) is 1.19. The van der Waals surface area contributed by atoms with E-state index in [9.17, 15) is 18.3 Å². The summed E-state index contributed by atoms with van der Waals surface area (Å²) < 4.78 is 24.0. The van der Waals surface area contributed by atoms with Crippen molar-refractivity contribution in [2.45, 2.75) is 0 Å². The molecule has 9 heteroatoms. The van der Waals surface area contributed by atoms with Gasteiger partial charge in [-0.2, -0.15) is 0 Å². The van der Waals surface area contributed by atoms with E-state index in [1.54, 1.807) is 0 Å². The monoisotopic (exact) mass is 274 g/mol. The molecule has 0 aliphatic carbocycles. The molecule has 0 atom stereocenters. The van der Waals surface area contributed by atoms with Gasteiger partial charge in [-0.3, -0.25) is 4.72 Å². The molecule has 0 amide bonds. The molecule has 18 heavy (non-hydrogen) atoms. The minimum atomic E-state index is -3.63. The van der Waals surface area contributed by atoms with E-state index in [1.807, 2.05) is 4.72 Å². The maximum absolute atomic E-state index is 11.0. The van der Waals surface area contributed by atoms with Gasteiger partial charge in [0.25, 0.3) is 0 Å². The highest BCUT2D eigenvalue weighted by Gasteiger charge is 2.16. The highest BCUT2D eigenvalue weighted by Crippen LogP contribution is 2.25. The number of hydrogen-bond acceptors (Lipinski definition) is 6. The third kappa shape index (κ3) is 3.35. The van der Waals surface area contributed by atoms with Crippen LogP contribution in [0.3, 0.4) is 0 Å². The van der Waals surface area contributed by atoms with Gasteiger partial charge >= 0.3 is 5.97 Å². The Hall–Kier alpha value is -2.29. The molecule has 0 aliphatic heterocycles. The van der Waals surface area contributed by atoms with Crippen molar-refractivity contribution in [3.63, 3.8) is 0 Å². The molecular weight excluding hydrogens is 264 g/mol. The van der Waals surface area contributed by atoms with Crippen molar-refractivity contribution in [2.75, 3.05) is 11.0 Å². The lowest BCUT2D eigenvalue weighted by molar-refractivity contribution is -0.129. The maximum Gasteiger partial charge on any atom is 0.358 e. The largest absolute Gasteiger partial charge is 0.506 e. The van der Waals surface area contributed by atoms with E-state index in [2.05, 4.69) is 5.16 Å². The summed E-state index contributed by atoms with van der Waals surface area (Å²) in [5, 5.41) is 29.3. The molecule has 0 radical (unpaired) electrons. The normalized spacial score (nSPS) is 12.2. The second kappa shape index (κ2) is 4.92. The molecule has 98 valence electrons. The van der Waals surface area contributed by atoms with Gasteiger partial charge < -0.3 is 15.4 Å². The van der Waals surface area contributed by atoms with Gasteiger partial charge in [0.2, 0.25) is 10.0 Å². The maximum atomic E-state index is 11.0. The predicted octanol–water partition coefficient (Wildman–Crippen LogP) is 0.0266. The van der Waals surface area contributed by atoms with Crippen molar-refractivity contribution in [2.24, 2.45) is 5.16 Å². The molecule has 1 aromatic carbocycles. The van der Waals surface area contributed by atoms with Crippen molar-refractivity contribution in [1.29, 1.82) is 0 Å². The number of anilines is 1. The number of nitrogens with zero attached hydrogens (tertiary/aromatic N) is 1. The van der Waals surface area contributed by atoms with Crippen LogP contribution in [-0.4, -0.2) is 41.8 Å². The van der Waals surface area contributed by atoms with Gasteiger partial charge in [0.15, 0.2) is 5.71 Å². The Morgan fingerprint density at radius 3 is 2.44 bits per heavy atom. The first-order valence-corrected chi connectivity index (χ1v) is 6.40. The van der Waals surface area contributed by atoms with Gasteiger partial charge in [-0.05, 0) is 18.2 Å². The zero-order valence-electron chi connectivity index (χ0n) is 9.15. The summed E-state index contributed by atoms with van der Waals surface area (Å²) in [7, 11) is -3.63. The van der Waals surface area contributed by atoms with Gasteiger partial charge in [0.05, 0.1) is 11.9 Å². The Morgan fingerprint density at radius 2 is 2.00 bits per heavy atom. The molecule has 0 aliphatic rings. The Labute approximate surface area is 102 Å². The van der Waals surface area contributed by atoms with E-state index in [4.69, 9.17) is 10.3 Å². The van der Waals surface area contributed by atoms with Crippen molar-refractivity contribution < 1.29 is 28.6 Å². The van der Waals surface area contributed by atoms with E-state index >= 15 is 0 Å². The second-order valence-electron chi connectivity index (χ2n) is 3.36. The number of phenols is 1. The fourth-order valence-corrected chi connectivity index (χ4v) is 1.75. The lowest BCUT2D eigenvalue weighted by Crippen LogP contribution is -2.15. The second-order valence-corrected chi connectivity index (χ2v) is 5.11. The van der Waals surface area contributed by atoms with Crippen LogP contribution in [0, 0.1) is 0 Å². The topological polar surface area (TPSA) is 136 Å². The van der Waals surface area contributed by atoms with Crippen molar-refractivity contribution in [3.05, 3.63) is 23.8 Å². The van der Waals surface area contributed by atoms with E-state index in [-0.39, 0.29) is 17.0 Å². The van der Waals surface area contributed by atoms with Crippen LogP contribution in [0.25, 0.3) is 0 Å². The number of aliphatic carboxylic acids is 1. The number of benzene rings is 1. The highest BCUT2D eigenvalue weighted by molar-refractivity contribution is 7.92. The summed E-state index contributed by atoms with van der Waals surface area (Å²) in [5.74, 6) is -1.87. The van der Waals surface area contributed by atoms with E-state index in [1.165, 1.54) is 6.07 Å². The molecule has 1 aromatic rings. The van der Waals surface area contributed by atoms with E-state index in [0.717, 1.165) is 18.4 Å². The SMILES string of the molecule is CS(=O)(=O)Nc1cc(C(=NO)C(=O)O)ccc1O. The molecule has 0 heterocycles. The number of phenolic OH excluding ortho intramolecular Hbond substituents is 1. The minimum absolute atomic E-state index is 0.0612. The van der Waals surface area contributed by atoms with Crippen LogP contribution >= 0.6 is 0 Å². The van der Waals surface area contributed by atoms with Crippen molar-refractivity contribution in [3.8, 4) is 5.75 Å². The first kappa shape index (κ1) is 13.8. The number of carbonyl (C=O) groups is 1. The average molecular weight is 274 g/mol. The molecule has 4 N–H and O–H groups in total. The van der Waals surface area contributed by atoms with Crippen LogP contribution in [0.15, 0.2) is 23.4 Å². The molecule has 0 fully saturated rings. The summed E-state index contributed by atoms with van der Waals surface area (Å²) in [4.78, 5) is 10.7. The van der Waals surface area contributed by atoms with Gasteiger partial charge in [0, 0.05) is 5.56 Å². The van der Waals surface area contributed by atoms with Crippen LogP contribution in [0.2, 0.25) is 0 Å². The zero-order chi connectivity index (χ0) is 13.9. The Kier molecular flexibility index (Phi) is 3.76. The van der Waals surface area contributed by atoms with Crippen LogP contribution in [0.5, 0.6) is 5.75 Å². The number of nitrogens with one attached hydrogen (secondary N) is 1. The predicted molar refractivity (Wildman–Crippen MR) is 62.5 cm³/mol. The number of rotatable bonds is 4. The van der Waals surface area contributed by atoms with Crippen molar-refractivity contribution in [1.82, 2.24) is 0 Å². The molecule has 0 bridgehead atoms. The quantitative estimate of drug-likeness (QED) is 0.264. The van der Waals surface area contributed by atoms with Gasteiger partial charge in [-0.1, -0.05) is 5.16 Å². The van der Waals surface area contributed by atoms with E-state index in [0.29, 0.717) is 0 Å². The Bertz CT molecular complexity index is 607. The van der Waals surface area contributed by atoms with Crippen LogP contribution < -0.4 is 4.72 Å². The summed E-state index contributed by atoms with van der Waals surface area (Å²) >= 11 is 0. The molecule has 1 rings (SSSR count). The summed E-state index contributed by atoms with van der Waals surface area (Å²) in [6.45, 7) is 0. The van der Waals surface area contributed by atoms with E-state index < -0.39 is 21.7 Å². The summed E-state index contributed by atoms with van der Waals surface area (Å²) in [5.41, 5.74) is -0.946. The third-order valence-corrected chi connectivity index (χ3v) is 2.46. The Balaban J connectivity index is 3.28. The lowest BCUT2D eigenvalue weighted by Gasteiger charge is -2.08. The number of carboxylic acid groups (broad SMARTS) is 1. The first-order valence-electron chi connectivity index (χ1n) is 4.51. The lowest BCUT2D eigenvalue weighted by atomic mass is 10.1. The number of aromatic hydroxyl groups is 1. The molecular formula is C9H10N2O6S. The van der Waals surface area contributed by atoms with Crippen LogP contribution in [0.1, 0.15) is 5.56 Å². The minimum Gasteiger partial charge on any atom is -0.506 e. The van der Waals surface area contributed by atoms with Gasteiger partial charge in [0.1, 0.15) is 5.75 Å². The molecule has 0 saturated heterocycles. The van der Waals surface area contributed by atoms with Crippen LogP contribution in [0.4, 0.5) is 5.69 Å². The summed E-state index contributed by atoms with van der Waals surface area (Å²) in [6, 6.07) is 3.29. The highest BCUT2D eigenvalue weighted by atomic mass is 32.2. The molecule has 0 unspecified atom stereocenters. The standard InChI is InChI=1S/C9H10N2O6S/c1-18(16,17)11-6-4-5(2-3-7(6)12)8(10-15)9(13)14/h2-4,11-12,15H,1H3,(H,13,14). The zero-order valence-corrected chi connectivity index (χ0v) is 9.97. The fraction of sp³-hybridized carbons (Fsp3) is 0.111. The number of hydrogen-bond donors (Lipinski definition) is 4. The number of oxime groups is 1. The third-order valence-electron chi connectivity index (χ3n) is 1.87. The smallest absolute Gasteiger partial charge is 0.358 e. The first-order chi connectivity index (χ1) is 8.24. The number of sulfonamides is 1. The Morgan fingerprint density at radius 1 is 1.39 bits per heavy atom. The molecule has 0 saturated carbocycles. The number of carboxylic acids is 1. The molecule has 8 nitrogen and oxygen atoms in total.